The first-order valence-electron chi connectivity index (χ1n) is 23.7. The van der Waals surface area contributed by atoms with Crippen LogP contribution in [0.1, 0.15) is 75.5 Å². The molecule has 1 fully saturated rings. The van der Waals surface area contributed by atoms with E-state index in [4.69, 9.17) is 18.9 Å². The Balaban J connectivity index is 1.14. The highest BCUT2D eigenvalue weighted by Gasteiger charge is 2.52. The number of aromatic nitrogens is 2. The molecule has 1 saturated heterocycles. The average molecular weight is 958 g/mol. The van der Waals surface area contributed by atoms with Gasteiger partial charge in [0.15, 0.2) is 29.5 Å². The van der Waals surface area contributed by atoms with E-state index in [0.29, 0.717) is 11.1 Å². The van der Waals surface area contributed by atoms with Gasteiger partial charge in [-0.25, -0.2) is 17.6 Å². The lowest BCUT2D eigenvalue weighted by atomic mass is 9.87. The van der Waals surface area contributed by atoms with Gasteiger partial charge in [-0.15, -0.1) is 0 Å². The number of carbonyl (C=O) groups is 2. The molecular weight excluding hydrogens is 911 g/mol. The Hall–Kier alpha value is -7.16. The Morgan fingerprint density at radius 2 is 1.01 bits per heavy atom. The number of nitrogens with zero attached hydrogens (tertiary/aromatic N) is 3. The minimum Gasteiger partial charge on any atom is -0.368 e. The van der Waals surface area contributed by atoms with Gasteiger partial charge in [0.25, 0.3) is 11.8 Å². The first kappa shape index (κ1) is 45.0. The molecule has 2 aromatic heterocycles. The fraction of sp³-hybridized carbons (Fsp3) is 0.241. The predicted molar refractivity (Wildman–Crippen MR) is 261 cm³/mol. The highest BCUT2D eigenvalue weighted by molar-refractivity contribution is 6.39. The van der Waals surface area contributed by atoms with E-state index in [1.807, 2.05) is 115 Å². The van der Waals surface area contributed by atoms with Crippen molar-refractivity contribution < 1.29 is 46.1 Å². The van der Waals surface area contributed by atoms with Gasteiger partial charge in [-0.3, -0.25) is 14.5 Å². The van der Waals surface area contributed by atoms with Crippen LogP contribution in [0.5, 0.6) is 0 Å². The molecule has 9 aromatic rings. The first-order chi connectivity index (χ1) is 34.3. The molecule has 0 N–H and O–H groups in total. The second-order valence-electron chi connectivity index (χ2n) is 19.7. The number of carbonyl (C=O) groups excluding carboxylic acids is 2. The Morgan fingerprint density at radius 3 is 1.55 bits per heavy atom. The van der Waals surface area contributed by atoms with Crippen LogP contribution in [0.15, 0.2) is 140 Å². The minimum atomic E-state index is -1.18. The lowest BCUT2D eigenvalue weighted by Gasteiger charge is -2.48. The van der Waals surface area contributed by atoms with Crippen LogP contribution in [0.2, 0.25) is 0 Å². The molecule has 3 aliphatic rings. The van der Waals surface area contributed by atoms with Gasteiger partial charge in [-0.05, 0) is 45.4 Å². The van der Waals surface area contributed by atoms with Gasteiger partial charge in [-0.1, -0.05) is 136 Å². The number of imide groups is 1. The molecule has 5 atom stereocenters. The smallest absolute Gasteiger partial charge is 0.262 e. The molecule has 0 aliphatic carbocycles. The van der Waals surface area contributed by atoms with Crippen molar-refractivity contribution >= 4 is 55.4 Å². The molecule has 358 valence electrons. The normalized spacial score (nSPS) is 19.9. The zero-order valence-corrected chi connectivity index (χ0v) is 39.0. The van der Waals surface area contributed by atoms with Crippen LogP contribution in [0, 0.1) is 23.3 Å². The van der Waals surface area contributed by atoms with Gasteiger partial charge in [0, 0.05) is 33.7 Å². The average Bonchev–Trinajstić information content (AvgIpc) is 3.93. The highest BCUT2D eigenvalue weighted by Crippen LogP contribution is 2.51. The maximum atomic E-state index is 16.1. The van der Waals surface area contributed by atoms with Crippen LogP contribution in [0.3, 0.4) is 0 Å². The zero-order chi connectivity index (χ0) is 48.9. The molecule has 13 heteroatoms. The molecule has 2 bridgehead atoms. The number of benzene rings is 7. The van der Waals surface area contributed by atoms with Crippen molar-refractivity contribution in [2.75, 3.05) is 0 Å². The number of hydrogen-bond donors (Lipinski definition) is 0. The predicted octanol–water partition coefficient (Wildman–Crippen LogP) is 12.2. The third-order valence-corrected chi connectivity index (χ3v) is 14.3. The molecule has 2 amide bonds. The van der Waals surface area contributed by atoms with Crippen LogP contribution in [0.4, 0.5) is 17.6 Å². The molecule has 9 nitrogen and oxygen atoms in total. The summed E-state index contributed by atoms with van der Waals surface area (Å²) in [6, 6.07) is 40.5. The maximum absolute atomic E-state index is 16.1. The SMILES string of the molecule is CC(C)(C)c1ccc(CN2C(=O)c3c(c4c5cc(F)c(F)cc5n5c4c4c3c3cc(F)c(F)cc3n4CC3OC5C(OCc4ccccc4)C(OCc4ccccc4)C3OCc3ccccc3)C2=O)cc1. The molecule has 3 aliphatic heterocycles. The maximum Gasteiger partial charge on any atom is 0.262 e. The van der Waals surface area contributed by atoms with Gasteiger partial charge in [0.1, 0.15) is 24.4 Å². The fourth-order valence-electron chi connectivity index (χ4n) is 10.9. The van der Waals surface area contributed by atoms with Crippen LogP contribution in [-0.2, 0) is 57.3 Å². The number of amides is 2. The summed E-state index contributed by atoms with van der Waals surface area (Å²) in [7, 11) is 0. The third-order valence-electron chi connectivity index (χ3n) is 14.3. The molecule has 71 heavy (non-hydrogen) atoms. The van der Waals surface area contributed by atoms with E-state index in [1.54, 1.807) is 9.13 Å². The second-order valence-corrected chi connectivity index (χ2v) is 19.7. The van der Waals surface area contributed by atoms with E-state index in [-0.39, 0.29) is 87.5 Å². The van der Waals surface area contributed by atoms with Gasteiger partial charge in [0.05, 0.1) is 66.1 Å². The zero-order valence-electron chi connectivity index (χ0n) is 39.0. The van der Waals surface area contributed by atoms with E-state index in [2.05, 4.69) is 20.8 Å². The monoisotopic (exact) mass is 957 g/mol. The largest absolute Gasteiger partial charge is 0.368 e. The quantitative estimate of drug-likeness (QED) is 0.0948. The summed E-state index contributed by atoms with van der Waals surface area (Å²) < 4.78 is 95.3. The van der Waals surface area contributed by atoms with Crippen molar-refractivity contribution in [2.24, 2.45) is 0 Å². The number of ether oxygens (including phenoxy) is 4. The van der Waals surface area contributed by atoms with E-state index in [9.17, 15) is 0 Å². The number of halogens is 4. The Morgan fingerprint density at radius 1 is 0.549 bits per heavy atom. The molecule has 5 unspecified atom stereocenters. The Kier molecular flexibility index (Phi) is 11.0. The summed E-state index contributed by atoms with van der Waals surface area (Å²) >= 11 is 0. The molecule has 0 saturated carbocycles. The summed E-state index contributed by atoms with van der Waals surface area (Å²) in [5, 5.41) is 0.631. The summed E-state index contributed by atoms with van der Waals surface area (Å²) in [6.07, 6.45) is -4.98. The van der Waals surface area contributed by atoms with Gasteiger partial charge < -0.3 is 28.1 Å². The molecule has 0 radical (unpaired) electrons. The molecule has 12 rings (SSSR count). The number of rotatable bonds is 11. The van der Waals surface area contributed by atoms with Crippen molar-refractivity contribution in [2.45, 2.75) is 89.7 Å². The van der Waals surface area contributed by atoms with Crippen molar-refractivity contribution in [3.05, 3.63) is 202 Å². The van der Waals surface area contributed by atoms with E-state index >= 15 is 27.2 Å². The van der Waals surface area contributed by atoms with Crippen LogP contribution in [0.25, 0.3) is 43.6 Å². The summed E-state index contributed by atoms with van der Waals surface area (Å²) in [5.41, 5.74) is 4.93. The summed E-state index contributed by atoms with van der Waals surface area (Å²) in [4.78, 5) is 31.6. The minimum absolute atomic E-state index is 0.0492. The van der Waals surface area contributed by atoms with Gasteiger partial charge >= 0.3 is 0 Å². The van der Waals surface area contributed by atoms with E-state index < -0.39 is 65.7 Å². The van der Waals surface area contributed by atoms with Crippen LogP contribution in [-0.4, -0.2) is 50.3 Å². The van der Waals surface area contributed by atoms with Gasteiger partial charge in [0.2, 0.25) is 0 Å². The van der Waals surface area contributed by atoms with Gasteiger partial charge in [-0.2, -0.15) is 0 Å². The van der Waals surface area contributed by atoms with E-state index in [1.165, 1.54) is 0 Å². The fourth-order valence-corrected chi connectivity index (χ4v) is 10.9. The highest BCUT2D eigenvalue weighted by atomic mass is 19.2. The lowest BCUT2D eigenvalue weighted by Crippen LogP contribution is -2.59. The summed E-state index contributed by atoms with van der Waals surface area (Å²) in [5.74, 6) is -6.01. The van der Waals surface area contributed by atoms with E-state index in [0.717, 1.165) is 51.4 Å². The molecule has 5 heterocycles. The lowest BCUT2D eigenvalue weighted by molar-refractivity contribution is -0.284. The molecule has 0 spiro atoms. The third kappa shape index (κ3) is 7.52. The van der Waals surface area contributed by atoms with Crippen LogP contribution < -0.4 is 0 Å². The topological polar surface area (TPSA) is 84.2 Å². The van der Waals surface area contributed by atoms with Crippen molar-refractivity contribution in [3.8, 4) is 0 Å². The number of fused-ring (bicyclic) bond motifs is 12. The Bertz CT molecular complexity index is 3580. The second kappa shape index (κ2) is 17.3. The van der Waals surface area contributed by atoms with Crippen molar-refractivity contribution in [1.29, 1.82) is 0 Å². The Labute approximate surface area is 405 Å². The standard InChI is InChI=1S/C58H47F4N3O6/c1-58(2,3)36-21-19-32(20-22-36)27-64-55(66)48-46-37-23-39(59)41(61)25-43(37)63-28-45-52(68-29-33-13-7-4-8-14-33)53(69-30-34-15-9-5-10-16-34)54(70-31-35-17-11-6-12-18-35)57(71-45)65-44-26-42(62)40(60)24-38(44)47(49(48)56(64)67)51(65)50(46)63/h4-26,45,52-54,57H,27-31H2,1-3H3. The summed E-state index contributed by atoms with van der Waals surface area (Å²) in [6.45, 7) is 6.42. The molecular formula is C58H47F4N3O6. The number of hydrogen-bond acceptors (Lipinski definition) is 6. The first-order valence-corrected chi connectivity index (χ1v) is 23.7. The van der Waals surface area contributed by atoms with Crippen molar-refractivity contribution in [3.63, 3.8) is 0 Å². The van der Waals surface area contributed by atoms with Crippen LogP contribution >= 0.6 is 0 Å². The van der Waals surface area contributed by atoms with Crippen molar-refractivity contribution in [1.82, 2.24) is 14.0 Å². The molecule has 7 aromatic carbocycles.